The second kappa shape index (κ2) is 3.59. The summed E-state index contributed by atoms with van der Waals surface area (Å²) in [5, 5.41) is 10.4. The Kier molecular flexibility index (Phi) is 2.87. The molecular formula is C6H11NO5S. The summed E-state index contributed by atoms with van der Waals surface area (Å²) in [4.78, 5) is 9.86. The van der Waals surface area contributed by atoms with E-state index in [9.17, 15) is 18.5 Å². The Hall–Kier alpha value is -0.690. The fourth-order valence-electron chi connectivity index (χ4n) is 1.37. The molecule has 0 N–H and O–H groups in total. The van der Waals surface area contributed by atoms with Gasteiger partial charge in [-0.3, -0.25) is 10.1 Å². The van der Waals surface area contributed by atoms with Gasteiger partial charge in [0.25, 0.3) is 6.04 Å². The van der Waals surface area contributed by atoms with Crippen molar-refractivity contribution in [1.82, 2.24) is 0 Å². The Morgan fingerprint density at radius 3 is 2.62 bits per heavy atom. The molecule has 1 heterocycles. The van der Waals surface area contributed by atoms with Crippen LogP contribution in [0.2, 0.25) is 0 Å². The van der Waals surface area contributed by atoms with Crippen LogP contribution in [-0.2, 0) is 14.6 Å². The summed E-state index contributed by atoms with van der Waals surface area (Å²) in [5.74, 6) is -0.628. The minimum absolute atomic E-state index is 0.230. The number of sulfone groups is 1. The van der Waals surface area contributed by atoms with E-state index in [4.69, 9.17) is 4.74 Å². The van der Waals surface area contributed by atoms with Crippen LogP contribution in [0.3, 0.4) is 0 Å². The quantitative estimate of drug-likeness (QED) is 0.460. The van der Waals surface area contributed by atoms with Crippen molar-refractivity contribution < 1.29 is 18.1 Å². The molecule has 0 aromatic carbocycles. The number of rotatable bonds is 3. The van der Waals surface area contributed by atoms with Crippen LogP contribution in [0.25, 0.3) is 0 Å². The molecule has 1 saturated heterocycles. The lowest BCUT2D eigenvalue weighted by atomic mass is 10.2. The number of hydrogen-bond donors (Lipinski definition) is 0. The van der Waals surface area contributed by atoms with Crippen molar-refractivity contribution >= 4 is 9.84 Å². The monoisotopic (exact) mass is 209 g/mol. The molecule has 0 radical (unpaired) electrons. The lowest BCUT2D eigenvalue weighted by molar-refractivity contribution is -0.526. The van der Waals surface area contributed by atoms with Crippen molar-refractivity contribution in [1.29, 1.82) is 0 Å². The van der Waals surface area contributed by atoms with Gasteiger partial charge >= 0.3 is 0 Å². The molecule has 2 atom stereocenters. The molecule has 13 heavy (non-hydrogen) atoms. The minimum Gasteiger partial charge on any atom is -0.370 e. The molecule has 0 aromatic heterocycles. The van der Waals surface area contributed by atoms with Crippen LogP contribution >= 0.6 is 0 Å². The lowest BCUT2D eigenvalue weighted by Crippen LogP contribution is -2.34. The average Bonchev–Trinajstić information content (AvgIpc) is 2.26. The Balaban J connectivity index is 2.77. The Morgan fingerprint density at radius 2 is 2.15 bits per heavy atom. The van der Waals surface area contributed by atoms with E-state index < -0.39 is 32.7 Å². The van der Waals surface area contributed by atoms with E-state index in [0.29, 0.717) is 6.61 Å². The molecule has 7 heteroatoms. The van der Waals surface area contributed by atoms with Crippen molar-refractivity contribution in [2.45, 2.75) is 19.1 Å². The van der Waals surface area contributed by atoms with Crippen LogP contribution in [0.1, 0.15) is 6.92 Å². The molecule has 76 valence electrons. The van der Waals surface area contributed by atoms with Gasteiger partial charge in [-0.1, -0.05) is 0 Å². The molecule has 0 aliphatic carbocycles. The maximum atomic E-state index is 11.0. The third-order valence-corrected chi connectivity index (χ3v) is 3.61. The van der Waals surface area contributed by atoms with E-state index in [1.807, 2.05) is 0 Å². The highest BCUT2D eigenvalue weighted by molar-refractivity contribution is 7.91. The second-order valence-electron chi connectivity index (χ2n) is 2.92. The van der Waals surface area contributed by atoms with Crippen molar-refractivity contribution in [3.05, 3.63) is 10.1 Å². The van der Waals surface area contributed by atoms with E-state index in [1.165, 1.54) is 0 Å². The summed E-state index contributed by atoms with van der Waals surface area (Å²) in [7, 11) is -3.28. The third kappa shape index (κ3) is 2.38. The normalized spacial score (nSPS) is 31.8. The van der Waals surface area contributed by atoms with Crippen molar-refractivity contribution in [2.75, 3.05) is 18.1 Å². The van der Waals surface area contributed by atoms with Crippen LogP contribution in [-0.4, -0.2) is 43.6 Å². The summed E-state index contributed by atoms with van der Waals surface area (Å²) in [6, 6.07) is -1.09. The highest BCUT2D eigenvalue weighted by atomic mass is 32.2. The molecule has 1 aliphatic rings. The fourth-order valence-corrected chi connectivity index (χ4v) is 3.18. The first kappa shape index (κ1) is 10.4. The van der Waals surface area contributed by atoms with E-state index in [-0.39, 0.29) is 5.75 Å². The third-order valence-electron chi connectivity index (χ3n) is 1.92. The van der Waals surface area contributed by atoms with Gasteiger partial charge in [0.15, 0.2) is 9.84 Å². The fraction of sp³-hybridized carbons (Fsp3) is 1.00. The van der Waals surface area contributed by atoms with Gasteiger partial charge < -0.3 is 4.74 Å². The maximum Gasteiger partial charge on any atom is 0.253 e. The Bertz CT molecular complexity index is 298. The predicted octanol–water partition coefficient (Wildman–Crippen LogP) is -0.535. The summed E-state index contributed by atoms with van der Waals surface area (Å²) < 4.78 is 27.1. The molecule has 0 saturated carbocycles. The van der Waals surface area contributed by atoms with E-state index in [2.05, 4.69) is 0 Å². The standard InChI is InChI=1S/C6H11NO5S/c1-2-12-6-4-13(10,11)3-5(6)7(8)9/h5-6H,2-4H2,1H3/t5-,6+/m0/s1. The number of nitro groups is 1. The van der Waals surface area contributed by atoms with Crippen molar-refractivity contribution in [3.8, 4) is 0 Å². The summed E-state index contributed by atoms with van der Waals surface area (Å²) in [6.07, 6.45) is -0.773. The van der Waals surface area contributed by atoms with Gasteiger partial charge in [-0.15, -0.1) is 0 Å². The van der Waals surface area contributed by atoms with Crippen LogP contribution in [0.5, 0.6) is 0 Å². The highest BCUT2D eigenvalue weighted by Gasteiger charge is 2.46. The maximum absolute atomic E-state index is 11.0. The van der Waals surface area contributed by atoms with E-state index in [1.54, 1.807) is 6.92 Å². The van der Waals surface area contributed by atoms with Gasteiger partial charge in [0.1, 0.15) is 11.9 Å². The first-order valence-corrected chi connectivity index (χ1v) is 5.74. The first-order chi connectivity index (χ1) is 5.96. The van der Waals surface area contributed by atoms with Gasteiger partial charge in [-0.05, 0) is 6.92 Å². The zero-order valence-electron chi connectivity index (χ0n) is 7.17. The Morgan fingerprint density at radius 1 is 1.54 bits per heavy atom. The van der Waals surface area contributed by atoms with Crippen LogP contribution in [0.4, 0.5) is 0 Å². The predicted molar refractivity (Wildman–Crippen MR) is 44.9 cm³/mol. The number of hydrogen-bond acceptors (Lipinski definition) is 5. The summed E-state index contributed by atoms with van der Waals surface area (Å²) in [5.41, 5.74) is 0. The highest BCUT2D eigenvalue weighted by Crippen LogP contribution is 2.18. The zero-order chi connectivity index (χ0) is 10.1. The number of nitrogens with zero attached hydrogens (tertiary/aromatic N) is 1. The van der Waals surface area contributed by atoms with Gasteiger partial charge in [-0.2, -0.15) is 0 Å². The van der Waals surface area contributed by atoms with Gasteiger partial charge in [0.2, 0.25) is 0 Å². The summed E-state index contributed by atoms with van der Waals surface area (Å²) in [6.45, 7) is 1.98. The topological polar surface area (TPSA) is 86.5 Å². The van der Waals surface area contributed by atoms with Crippen molar-refractivity contribution in [2.24, 2.45) is 0 Å². The average molecular weight is 209 g/mol. The largest absolute Gasteiger partial charge is 0.370 e. The van der Waals surface area contributed by atoms with Gasteiger partial charge in [-0.25, -0.2) is 8.42 Å². The van der Waals surface area contributed by atoms with E-state index in [0.717, 1.165) is 0 Å². The molecule has 0 amide bonds. The Labute approximate surface area is 76.0 Å². The van der Waals surface area contributed by atoms with Crippen LogP contribution < -0.4 is 0 Å². The molecule has 6 nitrogen and oxygen atoms in total. The molecule has 0 bridgehead atoms. The van der Waals surface area contributed by atoms with E-state index >= 15 is 0 Å². The van der Waals surface area contributed by atoms with Crippen molar-refractivity contribution in [3.63, 3.8) is 0 Å². The zero-order valence-corrected chi connectivity index (χ0v) is 7.99. The summed E-state index contributed by atoms with van der Waals surface area (Å²) >= 11 is 0. The molecule has 0 spiro atoms. The second-order valence-corrected chi connectivity index (χ2v) is 5.08. The van der Waals surface area contributed by atoms with Gasteiger partial charge in [0, 0.05) is 11.5 Å². The van der Waals surface area contributed by atoms with Crippen LogP contribution in [0, 0.1) is 10.1 Å². The lowest BCUT2D eigenvalue weighted by Gasteiger charge is -2.10. The molecule has 0 unspecified atom stereocenters. The van der Waals surface area contributed by atoms with Gasteiger partial charge in [0.05, 0.1) is 5.75 Å². The molecule has 1 aliphatic heterocycles. The number of ether oxygens (including phenoxy) is 1. The van der Waals surface area contributed by atoms with Crippen LogP contribution in [0.15, 0.2) is 0 Å². The SMILES string of the molecule is CCO[C@@H]1CS(=O)(=O)C[C@@H]1[N+](=O)[O-]. The molecule has 1 fully saturated rings. The smallest absolute Gasteiger partial charge is 0.253 e. The minimum atomic E-state index is -3.28. The first-order valence-electron chi connectivity index (χ1n) is 3.92. The molecule has 0 aromatic rings. The molecule has 1 rings (SSSR count). The molecular weight excluding hydrogens is 198 g/mol.